The lowest BCUT2D eigenvalue weighted by atomic mass is 10.1. The maximum atomic E-state index is 13.5. The highest BCUT2D eigenvalue weighted by Gasteiger charge is 2.18. The standard InChI is InChI=1S/C20H12ClFN4O/c21-18-14-9-12(22)5-6-15(14)24-19(18)20-25-17(26-27-20)10-16-13-4-2-1-3-11(13)7-8-23-16/h1-9,24H,10H2. The van der Waals surface area contributed by atoms with Crippen LogP contribution < -0.4 is 0 Å². The summed E-state index contributed by atoms with van der Waals surface area (Å²) < 4.78 is 18.8. The van der Waals surface area contributed by atoms with Crippen molar-refractivity contribution < 1.29 is 8.91 Å². The first-order valence-corrected chi connectivity index (χ1v) is 8.69. The summed E-state index contributed by atoms with van der Waals surface area (Å²) in [7, 11) is 0. The van der Waals surface area contributed by atoms with Crippen molar-refractivity contribution in [3.05, 3.63) is 77.1 Å². The normalized spacial score (nSPS) is 11.5. The van der Waals surface area contributed by atoms with Gasteiger partial charge in [-0.05, 0) is 29.7 Å². The molecule has 0 atom stereocenters. The molecule has 1 N–H and O–H groups in total. The Bertz CT molecular complexity index is 1290. The first-order valence-electron chi connectivity index (χ1n) is 8.31. The molecule has 0 radical (unpaired) electrons. The molecule has 0 unspecified atom stereocenters. The number of pyridine rings is 1. The smallest absolute Gasteiger partial charge is 0.275 e. The van der Waals surface area contributed by atoms with Crippen LogP contribution in [-0.4, -0.2) is 20.1 Å². The van der Waals surface area contributed by atoms with Crippen LogP contribution in [0.2, 0.25) is 5.02 Å². The minimum absolute atomic E-state index is 0.256. The molecule has 0 spiro atoms. The molecule has 3 aromatic heterocycles. The Morgan fingerprint density at radius 2 is 1.96 bits per heavy atom. The molecule has 3 heterocycles. The van der Waals surface area contributed by atoms with Crippen LogP contribution in [0.25, 0.3) is 33.3 Å². The second-order valence-corrected chi connectivity index (χ2v) is 6.55. The van der Waals surface area contributed by atoms with Gasteiger partial charge in [0.1, 0.15) is 11.5 Å². The molecule has 5 rings (SSSR count). The fraction of sp³-hybridized carbons (Fsp3) is 0.0500. The van der Waals surface area contributed by atoms with Gasteiger partial charge in [0.2, 0.25) is 0 Å². The number of aromatic nitrogens is 4. The second-order valence-electron chi connectivity index (χ2n) is 6.18. The quantitative estimate of drug-likeness (QED) is 0.471. The predicted octanol–water partition coefficient (Wildman–Crippen LogP) is 5.15. The van der Waals surface area contributed by atoms with Crippen molar-refractivity contribution in [2.24, 2.45) is 0 Å². The molecule has 132 valence electrons. The zero-order chi connectivity index (χ0) is 18.4. The van der Waals surface area contributed by atoms with E-state index in [-0.39, 0.29) is 11.7 Å². The van der Waals surface area contributed by atoms with Gasteiger partial charge in [0.25, 0.3) is 5.89 Å². The van der Waals surface area contributed by atoms with Crippen LogP contribution in [0, 0.1) is 5.82 Å². The molecule has 0 bridgehead atoms. The lowest BCUT2D eigenvalue weighted by molar-refractivity contribution is 0.423. The minimum atomic E-state index is -0.358. The van der Waals surface area contributed by atoms with Crippen LogP contribution in [0.1, 0.15) is 11.5 Å². The summed E-state index contributed by atoms with van der Waals surface area (Å²) in [6.45, 7) is 0. The number of hydrogen-bond acceptors (Lipinski definition) is 4. The molecule has 0 aliphatic carbocycles. The van der Waals surface area contributed by atoms with Crippen molar-refractivity contribution in [3.63, 3.8) is 0 Å². The number of aromatic amines is 1. The number of nitrogens with zero attached hydrogens (tertiary/aromatic N) is 3. The van der Waals surface area contributed by atoms with E-state index in [1.807, 2.05) is 30.3 Å². The van der Waals surface area contributed by atoms with Gasteiger partial charge in [-0.3, -0.25) is 4.98 Å². The fourth-order valence-electron chi connectivity index (χ4n) is 3.18. The highest BCUT2D eigenvalue weighted by Crippen LogP contribution is 2.34. The predicted molar refractivity (Wildman–Crippen MR) is 101 cm³/mol. The van der Waals surface area contributed by atoms with E-state index in [1.54, 1.807) is 12.3 Å². The average molecular weight is 379 g/mol. The molecule has 0 aliphatic rings. The Morgan fingerprint density at radius 1 is 1.07 bits per heavy atom. The SMILES string of the molecule is Fc1ccc2[nH]c(-c3nc(Cc4nccc5ccccc45)no3)c(Cl)c2c1. The maximum Gasteiger partial charge on any atom is 0.275 e. The van der Waals surface area contributed by atoms with E-state index in [1.165, 1.54) is 12.1 Å². The van der Waals surface area contributed by atoms with Crippen molar-refractivity contribution in [2.45, 2.75) is 6.42 Å². The molecule has 0 fully saturated rings. The van der Waals surface area contributed by atoms with E-state index in [0.29, 0.717) is 33.9 Å². The molecule has 0 aliphatic heterocycles. The van der Waals surface area contributed by atoms with Gasteiger partial charge in [0.05, 0.1) is 17.1 Å². The molecular formula is C20H12ClFN4O. The van der Waals surface area contributed by atoms with Gasteiger partial charge < -0.3 is 9.51 Å². The van der Waals surface area contributed by atoms with Crippen LogP contribution in [0.5, 0.6) is 0 Å². The zero-order valence-corrected chi connectivity index (χ0v) is 14.7. The third-order valence-corrected chi connectivity index (χ3v) is 4.85. The minimum Gasteiger partial charge on any atom is -0.349 e. The monoisotopic (exact) mass is 378 g/mol. The van der Waals surface area contributed by atoms with Crippen LogP contribution in [0.3, 0.4) is 0 Å². The van der Waals surface area contributed by atoms with Gasteiger partial charge in [-0.1, -0.05) is 41.0 Å². The molecule has 5 aromatic rings. The van der Waals surface area contributed by atoms with Gasteiger partial charge in [0, 0.05) is 22.5 Å². The highest BCUT2D eigenvalue weighted by atomic mass is 35.5. The number of H-pyrrole nitrogens is 1. The molecule has 5 nitrogen and oxygen atoms in total. The number of hydrogen-bond donors (Lipinski definition) is 1. The van der Waals surface area contributed by atoms with E-state index < -0.39 is 0 Å². The van der Waals surface area contributed by atoms with Crippen LogP contribution in [0.15, 0.2) is 59.3 Å². The topological polar surface area (TPSA) is 67.6 Å². The summed E-state index contributed by atoms with van der Waals surface area (Å²) in [5.74, 6) is 0.393. The molecule has 2 aromatic carbocycles. The number of halogens is 2. The van der Waals surface area contributed by atoms with Crippen molar-refractivity contribution in [1.29, 1.82) is 0 Å². The van der Waals surface area contributed by atoms with Gasteiger partial charge in [-0.25, -0.2) is 4.39 Å². The maximum absolute atomic E-state index is 13.5. The summed E-state index contributed by atoms with van der Waals surface area (Å²) in [5.41, 5.74) is 2.04. The Balaban J connectivity index is 1.52. The Morgan fingerprint density at radius 3 is 2.89 bits per heavy atom. The lowest BCUT2D eigenvalue weighted by Gasteiger charge is -2.02. The van der Waals surface area contributed by atoms with Crippen molar-refractivity contribution in [2.75, 3.05) is 0 Å². The third kappa shape index (κ3) is 2.74. The molecular weight excluding hydrogens is 367 g/mol. The number of fused-ring (bicyclic) bond motifs is 2. The Labute approximate surface area is 157 Å². The molecule has 0 amide bonds. The summed E-state index contributed by atoms with van der Waals surface area (Å²) in [4.78, 5) is 12.0. The highest BCUT2D eigenvalue weighted by molar-refractivity contribution is 6.38. The van der Waals surface area contributed by atoms with E-state index in [2.05, 4.69) is 20.1 Å². The van der Waals surface area contributed by atoms with Crippen LogP contribution in [0.4, 0.5) is 4.39 Å². The molecule has 7 heteroatoms. The first kappa shape index (κ1) is 16.0. The van der Waals surface area contributed by atoms with Gasteiger partial charge in [-0.2, -0.15) is 4.98 Å². The molecule has 27 heavy (non-hydrogen) atoms. The lowest BCUT2D eigenvalue weighted by Crippen LogP contribution is -1.95. The molecule has 0 saturated heterocycles. The number of rotatable bonds is 3. The number of benzene rings is 2. The van der Waals surface area contributed by atoms with E-state index in [4.69, 9.17) is 16.1 Å². The van der Waals surface area contributed by atoms with E-state index >= 15 is 0 Å². The third-order valence-electron chi connectivity index (χ3n) is 4.46. The molecule has 0 saturated carbocycles. The van der Waals surface area contributed by atoms with Crippen LogP contribution in [-0.2, 0) is 6.42 Å². The summed E-state index contributed by atoms with van der Waals surface area (Å²) in [6.07, 6.45) is 2.19. The zero-order valence-electron chi connectivity index (χ0n) is 13.9. The fourth-order valence-corrected chi connectivity index (χ4v) is 3.46. The van der Waals surface area contributed by atoms with Crippen molar-refractivity contribution >= 4 is 33.3 Å². The number of nitrogens with one attached hydrogen (secondary N) is 1. The van der Waals surface area contributed by atoms with Crippen molar-refractivity contribution in [1.82, 2.24) is 20.1 Å². The first-order chi connectivity index (χ1) is 13.2. The van der Waals surface area contributed by atoms with Crippen LogP contribution >= 0.6 is 11.6 Å². The van der Waals surface area contributed by atoms with Crippen molar-refractivity contribution in [3.8, 4) is 11.6 Å². The second kappa shape index (κ2) is 6.17. The Kier molecular flexibility index (Phi) is 3.65. The summed E-state index contributed by atoms with van der Waals surface area (Å²) in [6, 6.07) is 14.3. The van der Waals surface area contributed by atoms with Gasteiger partial charge in [0.15, 0.2) is 5.82 Å². The summed E-state index contributed by atoms with van der Waals surface area (Å²) in [5, 5.41) is 7.12. The largest absolute Gasteiger partial charge is 0.349 e. The van der Waals surface area contributed by atoms with Gasteiger partial charge >= 0.3 is 0 Å². The average Bonchev–Trinajstić information content (AvgIpc) is 3.27. The Hall–Kier alpha value is -3.25. The summed E-state index contributed by atoms with van der Waals surface area (Å²) >= 11 is 6.37. The van der Waals surface area contributed by atoms with Gasteiger partial charge in [-0.15, -0.1) is 0 Å². The van der Waals surface area contributed by atoms with E-state index in [0.717, 1.165) is 16.5 Å². The van der Waals surface area contributed by atoms with E-state index in [9.17, 15) is 4.39 Å².